The Bertz CT molecular complexity index is 562. The van der Waals surface area contributed by atoms with Crippen LogP contribution in [0.5, 0.6) is 0 Å². The van der Waals surface area contributed by atoms with Gasteiger partial charge in [0.15, 0.2) is 0 Å². The molecule has 1 heterocycles. The molecule has 0 spiro atoms. The van der Waals surface area contributed by atoms with Crippen LogP contribution in [0.15, 0.2) is 18.2 Å². The van der Waals surface area contributed by atoms with Gasteiger partial charge in [0.05, 0.1) is 9.95 Å². The van der Waals surface area contributed by atoms with Crippen LogP contribution < -0.4 is 5.73 Å². The first-order valence-electron chi connectivity index (χ1n) is 6.93. The molecule has 6 nitrogen and oxygen atoms in total. The molecule has 0 bridgehead atoms. The highest BCUT2D eigenvalue weighted by Crippen LogP contribution is 2.30. The lowest BCUT2D eigenvalue weighted by molar-refractivity contribution is -0.385. The number of carbonyl (C=O) groups excluding carboxylic acids is 1. The minimum absolute atomic E-state index is 0.0447. The summed E-state index contributed by atoms with van der Waals surface area (Å²) in [7, 11) is 0. The third-order valence-electron chi connectivity index (χ3n) is 3.82. The third kappa shape index (κ3) is 3.16. The summed E-state index contributed by atoms with van der Waals surface area (Å²) < 4.78 is 0. The van der Waals surface area contributed by atoms with E-state index in [2.05, 4.69) is 0 Å². The lowest BCUT2D eigenvalue weighted by atomic mass is 9.95. The predicted octanol–water partition coefficient (Wildman–Crippen LogP) is 2.59. The Kier molecular flexibility index (Phi) is 4.80. The number of amides is 1. The van der Waals surface area contributed by atoms with E-state index < -0.39 is 10.8 Å². The van der Waals surface area contributed by atoms with Crippen molar-refractivity contribution in [3.8, 4) is 0 Å². The number of rotatable bonds is 3. The zero-order valence-corrected chi connectivity index (χ0v) is 12.5. The van der Waals surface area contributed by atoms with Crippen LogP contribution in [0.2, 0.25) is 5.02 Å². The number of piperidine rings is 1. The van der Waals surface area contributed by atoms with Gasteiger partial charge in [0.1, 0.15) is 5.56 Å². The molecule has 2 unspecified atom stereocenters. The fraction of sp³-hybridized carbons (Fsp3) is 0.500. The van der Waals surface area contributed by atoms with Crippen molar-refractivity contribution < 1.29 is 9.72 Å². The molecule has 1 saturated heterocycles. The average molecular weight is 312 g/mol. The van der Waals surface area contributed by atoms with Crippen molar-refractivity contribution in [3.05, 3.63) is 38.9 Å². The second kappa shape index (κ2) is 6.41. The zero-order valence-electron chi connectivity index (χ0n) is 11.8. The van der Waals surface area contributed by atoms with Gasteiger partial charge in [-0.15, -0.1) is 0 Å². The molecule has 21 heavy (non-hydrogen) atoms. The third-order valence-corrected chi connectivity index (χ3v) is 4.13. The van der Waals surface area contributed by atoms with Gasteiger partial charge in [0, 0.05) is 24.7 Å². The Labute approximate surface area is 128 Å². The van der Waals surface area contributed by atoms with Crippen LogP contribution in [0.25, 0.3) is 0 Å². The number of hydrogen-bond acceptors (Lipinski definition) is 4. The van der Waals surface area contributed by atoms with Gasteiger partial charge in [-0.25, -0.2) is 0 Å². The van der Waals surface area contributed by atoms with Crippen molar-refractivity contribution in [2.75, 3.05) is 6.54 Å². The van der Waals surface area contributed by atoms with Crippen LogP contribution in [-0.2, 0) is 0 Å². The number of likely N-dealkylation sites (tertiary alicyclic amines) is 1. The zero-order chi connectivity index (χ0) is 15.6. The summed E-state index contributed by atoms with van der Waals surface area (Å²) in [4.78, 5) is 24.9. The molecule has 0 saturated carbocycles. The number of hydrogen-bond donors (Lipinski definition) is 1. The minimum atomic E-state index is -0.579. The molecule has 0 aromatic heterocycles. The van der Waals surface area contributed by atoms with Crippen molar-refractivity contribution in [3.63, 3.8) is 0 Å². The molecule has 1 amide bonds. The molecule has 1 aromatic rings. The Balaban J connectivity index is 2.41. The Hall–Kier alpha value is -1.66. The minimum Gasteiger partial charge on any atom is -0.334 e. The monoisotopic (exact) mass is 311 g/mol. The maximum Gasteiger partial charge on any atom is 0.283 e. The fourth-order valence-corrected chi connectivity index (χ4v) is 3.03. The highest BCUT2D eigenvalue weighted by Gasteiger charge is 2.34. The Morgan fingerprint density at radius 2 is 2.24 bits per heavy atom. The van der Waals surface area contributed by atoms with Gasteiger partial charge >= 0.3 is 0 Å². The first-order valence-corrected chi connectivity index (χ1v) is 7.30. The summed E-state index contributed by atoms with van der Waals surface area (Å²) in [6.45, 7) is 2.39. The second-order valence-electron chi connectivity index (χ2n) is 5.31. The highest BCUT2D eigenvalue weighted by molar-refractivity contribution is 6.34. The summed E-state index contributed by atoms with van der Waals surface area (Å²) in [6.07, 6.45) is 2.68. The summed E-state index contributed by atoms with van der Waals surface area (Å²) in [5, 5.41) is 11.2. The van der Waals surface area contributed by atoms with Crippen molar-refractivity contribution in [1.82, 2.24) is 4.90 Å². The van der Waals surface area contributed by atoms with E-state index in [1.807, 2.05) is 6.92 Å². The molecule has 1 aromatic carbocycles. The van der Waals surface area contributed by atoms with Gasteiger partial charge in [-0.05, 0) is 32.3 Å². The predicted molar refractivity (Wildman–Crippen MR) is 80.4 cm³/mol. The molecule has 2 atom stereocenters. The molecule has 2 N–H and O–H groups in total. The molecular formula is C14H18ClN3O3. The van der Waals surface area contributed by atoms with Gasteiger partial charge in [-0.2, -0.15) is 0 Å². The van der Waals surface area contributed by atoms with Crippen molar-refractivity contribution in [2.45, 2.75) is 38.3 Å². The summed E-state index contributed by atoms with van der Waals surface area (Å²) in [6, 6.07) is 3.96. The van der Waals surface area contributed by atoms with Crippen molar-refractivity contribution >= 4 is 23.2 Å². The molecule has 0 aliphatic carbocycles. The van der Waals surface area contributed by atoms with Crippen LogP contribution in [0.1, 0.15) is 36.5 Å². The largest absolute Gasteiger partial charge is 0.334 e. The number of nitrogens with zero attached hydrogens (tertiary/aromatic N) is 2. The fourth-order valence-electron chi connectivity index (χ4n) is 2.78. The molecule has 7 heteroatoms. The number of nitro benzene ring substituents is 1. The van der Waals surface area contributed by atoms with E-state index in [1.165, 1.54) is 18.2 Å². The van der Waals surface area contributed by atoms with E-state index in [9.17, 15) is 14.9 Å². The molecule has 2 rings (SSSR count). The standard InChI is InChI=1S/C14H18ClN3O3/c1-9(16)11-6-2-3-8-17(11)14(19)13-10(15)5-4-7-12(13)18(20)21/h4-5,7,9,11H,2-3,6,8,16H2,1H3. The van der Waals surface area contributed by atoms with E-state index in [0.717, 1.165) is 19.3 Å². The topological polar surface area (TPSA) is 89.5 Å². The number of nitrogens with two attached hydrogens (primary N) is 1. The number of benzene rings is 1. The first-order chi connectivity index (χ1) is 9.93. The molecule has 1 aliphatic rings. The van der Waals surface area contributed by atoms with E-state index in [4.69, 9.17) is 17.3 Å². The van der Waals surface area contributed by atoms with E-state index in [-0.39, 0.29) is 28.4 Å². The van der Waals surface area contributed by atoms with Crippen LogP contribution in [0.3, 0.4) is 0 Å². The number of halogens is 1. The van der Waals surface area contributed by atoms with Gasteiger partial charge in [-0.3, -0.25) is 14.9 Å². The molecule has 1 aliphatic heterocycles. The lowest BCUT2D eigenvalue weighted by Crippen LogP contribution is -2.51. The van der Waals surface area contributed by atoms with Crippen LogP contribution in [0.4, 0.5) is 5.69 Å². The average Bonchev–Trinajstić information content (AvgIpc) is 2.46. The molecule has 0 radical (unpaired) electrons. The van der Waals surface area contributed by atoms with Gasteiger partial charge in [0.2, 0.25) is 0 Å². The van der Waals surface area contributed by atoms with E-state index >= 15 is 0 Å². The van der Waals surface area contributed by atoms with Gasteiger partial charge in [0.25, 0.3) is 11.6 Å². The maximum atomic E-state index is 12.7. The Morgan fingerprint density at radius 1 is 1.52 bits per heavy atom. The van der Waals surface area contributed by atoms with E-state index in [1.54, 1.807) is 4.90 Å². The first kappa shape index (κ1) is 15.7. The normalized spacial score (nSPS) is 20.1. The summed E-state index contributed by atoms with van der Waals surface area (Å²) in [5.74, 6) is -0.408. The highest BCUT2D eigenvalue weighted by atomic mass is 35.5. The quantitative estimate of drug-likeness (QED) is 0.686. The van der Waals surface area contributed by atoms with Crippen LogP contribution in [0, 0.1) is 10.1 Å². The summed E-state index contributed by atoms with van der Waals surface area (Å²) in [5.41, 5.74) is 5.64. The molecular weight excluding hydrogens is 294 g/mol. The van der Waals surface area contributed by atoms with Crippen molar-refractivity contribution in [2.24, 2.45) is 5.73 Å². The Morgan fingerprint density at radius 3 is 2.86 bits per heavy atom. The summed E-state index contributed by atoms with van der Waals surface area (Å²) >= 11 is 6.03. The smallest absolute Gasteiger partial charge is 0.283 e. The van der Waals surface area contributed by atoms with Gasteiger partial charge < -0.3 is 10.6 Å². The second-order valence-corrected chi connectivity index (χ2v) is 5.72. The van der Waals surface area contributed by atoms with Crippen LogP contribution >= 0.6 is 11.6 Å². The van der Waals surface area contributed by atoms with Crippen LogP contribution in [-0.4, -0.2) is 34.4 Å². The number of nitro groups is 1. The SMILES string of the molecule is CC(N)C1CCCCN1C(=O)c1c(Cl)cccc1[N+](=O)[O-]. The molecule has 114 valence electrons. The van der Waals surface area contributed by atoms with Crippen molar-refractivity contribution in [1.29, 1.82) is 0 Å². The maximum absolute atomic E-state index is 12.7. The lowest BCUT2D eigenvalue weighted by Gasteiger charge is -2.38. The van der Waals surface area contributed by atoms with E-state index in [0.29, 0.717) is 6.54 Å². The molecule has 1 fully saturated rings. The number of carbonyl (C=O) groups is 1. The van der Waals surface area contributed by atoms with Gasteiger partial charge in [-0.1, -0.05) is 17.7 Å².